The first-order valence-corrected chi connectivity index (χ1v) is 8.70. The highest BCUT2D eigenvalue weighted by Gasteiger charge is 2.36. The number of nitrogens with zero attached hydrogens (tertiary/aromatic N) is 3. The van der Waals surface area contributed by atoms with Crippen LogP contribution in [-0.2, 0) is 6.42 Å². The highest BCUT2D eigenvalue weighted by Crippen LogP contribution is 2.42. The average molecular weight is 285 g/mol. The molecule has 3 rings (SSSR count). The fourth-order valence-corrected chi connectivity index (χ4v) is 4.16. The van der Waals surface area contributed by atoms with Crippen LogP contribution in [0.25, 0.3) is 0 Å². The Morgan fingerprint density at radius 2 is 2.00 bits per heavy atom. The van der Waals surface area contributed by atoms with Gasteiger partial charge in [0.05, 0.1) is 23.2 Å². The summed E-state index contributed by atoms with van der Waals surface area (Å²) >= 11 is 0. The summed E-state index contributed by atoms with van der Waals surface area (Å²) in [5.41, 5.74) is 0.971. The fraction of sp³-hybridized carbons (Fsp3) is 0.778. The third kappa shape index (κ3) is 3.15. The summed E-state index contributed by atoms with van der Waals surface area (Å²) in [6, 6.07) is 5.39. The molecule has 2 aliphatic rings. The molecule has 114 valence electrons. The minimum Gasteiger partial charge on any atom is -0.269 e. The Labute approximate surface area is 128 Å². The second-order valence-electron chi connectivity index (χ2n) is 7.15. The highest BCUT2D eigenvalue weighted by atomic mass is 15.3. The molecule has 1 aromatic rings. The molecule has 0 atom stereocenters. The Morgan fingerprint density at radius 3 is 2.62 bits per heavy atom. The molecule has 0 unspecified atom stereocenters. The lowest BCUT2D eigenvalue weighted by molar-refractivity contribution is 0.203. The molecule has 0 aliphatic heterocycles. The minimum atomic E-state index is -0.152. The van der Waals surface area contributed by atoms with E-state index in [2.05, 4.69) is 29.9 Å². The van der Waals surface area contributed by atoms with Gasteiger partial charge in [0.15, 0.2) is 0 Å². The molecule has 0 radical (unpaired) electrons. The number of aromatic nitrogens is 2. The van der Waals surface area contributed by atoms with Gasteiger partial charge in [-0.1, -0.05) is 26.2 Å². The Morgan fingerprint density at radius 1 is 1.29 bits per heavy atom. The summed E-state index contributed by atoms with van der Waals surface area (Å²) in [4.78, 5) is 0. The molecule has 0 N–H and O–H groups in total. The first-order chi connectivity index (χ1) is 10.2. The van der Waals surface area contributed by atoms with Crippen LogP contribution in [0.4, 0.5) is 0 Å². The van der Waals surface area contributed by atoms with Crippen LogP contribution >= 0.6 is 0 Å². The standard InChI is InChI=1S/C18H27N3/c1-2-15-7-10-18(14-19,11-8-15)13-16-9-12-21(20-16)17-5-3-4-6-17/h9,12,15,17H,2-8,10-11,13H2,1H3. The Bertz CT molecular complexity index is 497. The third-order valence-corrected chi connectivity index (χ3v) is 5.76. The van der Waals surface area contributed by atoms with Gasteiger partial charge < -0.3 is 0 Å². The van der Waals surface area contributed by atoms with E-state index in [1.54, 1.807) is 0 Å². The van der Waals surface area contributed by atoms with E-state index >= 15 is 0 Å². The third-order valence-electron chi connectivity index (χ3n) is 5.76. The lowest BCUT2D eigenvalue weighted by Gasteiger charge is -2.34. The number of hydrogen-bond donors (Lipinski definition) is 0. The summed E-state index contributed by atoms with van der Waals surface area (Å²) in [6.07, 6.45) is 14.0. The van der Waals surface area contributed by atoms with E-state index in [1.165, 1.54) is 44.9 Å². The van der Waals surface area contributed by atoms with Crippen LogP contribution in [-0.4, -0.2) is 9.78 Å². The van der Waals surface area contributed by atoms with Gasteiger partial charge in [-0.25, -0.2) is 0 Å². The maximum Gasteiger partial charge on any atom is 0.0693 e. The van der Waals surface area contributed by atoms with Gasteiger partial charge in [-0.2, -0.15) is 10.4 Å². The highest BCUT2D eigenvalue weighted by molar-refractivity contribution is 5.11. The smallest absolute Gasteiger partial charge is 0.0693 e. The van der Waals surface area contributed by atoms with Crippen molar-refractivity contribution in [2.45, 2.75) is 77.2 Å². The van der Waals surface area contributed by atoms with Crippen LogP contribution in [0.15, 0.2) is 12.3 Å². The Hall–Kier alpha value is -1.30. The zero-order valence-electron chi connectivity index (χ0n) is 13.2. The summed E-state index contributed by atoms with van der Waals surface area (Å²) < 4.78 is 2.16. The summed E-state index contributed by atoms with van der Waals surface area (Å²) in [6.45, 7) is 2.27. The molecular formula is C18H27N3. The van der Waals surface area contributed by atoms with Gasteiger partial charge in [-0.15, -0.1) is 0 Å². The minimum absolute atomic E-state index is 0.152. The van der Waals surface area contributed by atoms with Gasteiger partial charge in [0.25, 0.3) is 0 Å². The van der Waals surface area contributed by atoms with Crippen LogP contribution < -0.4 is 0 Å². The summed E-state index contributed by atoms with van der Waals surface area (Å²) in [5.74, 6) is 0.836. The maximum absolute atomic E-state index is 9.70. The lowest BCUT2D eigenvalue weighted by Crippen LogP contribution is -2.28. The van der Waals surface area contributed by atoms with E-state index in [9.17, 15) is 5.26 Å². The molecule has 1 aromatic heterocycles. The molecule has 2 fully saturated rings. The van der Waals surface area contributed by atoms with Crippen LogP contribution in [0.1, 0.15) is 76.4 Å². The van der Waals surface area contributed by atoms with Crippen molar-refractivity contribution in [3.63, 3.8) is 0 Å². The van der Waals surface area contributed by atoms with Crippen molar-refractivity contribution < 1.29 is 0 Å². The monoisotopic (exact) mass is 285 g/mol. The predicted octanol–water partition coefficient (Wildman–Crippen LogP) is 4.65. The van der Waals surface area contributed by atoms with Crippen molar-refractivity contribution in [1.82, 2.24) is 9.78 Å². The van der Waals surface area contributed by atoms with Gasteiger partial charge in [0.1, 0.15) is 0 Å². The quantitative estimate of drug-likeness (QED) is 0.808. The predicted molar refractivity (Wildman–Crippen MR) is 83.7 cm³/mol. The van der Waals surface area contributed by atoms with E-state index in [1.807, 2.05) is 0 Å². The Kier molecular flexibility index (Phi) is 4.33. The summed E-state index contributed by atoms with van der Waals surface area (Å²) in [5, 5.41) is 14.5. The van der Waals surface area contributed by atoms with E-state index in [0.29, 0.717) is 6.04 Å². The molecule has 2 saturated carbocycles. The second-order valence-corrected chi connectivity index (χ2v) is 7.15. The molecular weight excluding hydrogens is 258 g/mol. The molecule has 21 heavy (non-hydrogen) atoms. The van der Waals surface area contributed by atoms with Gasteiger partial charge in [-0.3, -0.25) is 4.68 Å². The van der Waals surface area contributed by atoms with E-state index in [-0.39, 0.29) is 5.41 Å². The largest absolute Gasteiger partial charge is 0.269 e. The van der Waals surface area contributed by atoms with Crippen molar-refractivity contribution >= 4 is 0 Å². The first kappa shape index (κ1) is 14.6. The molecule has 3 heteroatoms. The van der Waals surface area contributed by atoms with Gasteiger partial charge >= 0.3 is 0 Å². The molecule has 2 aliphatic carbocycles. The van der Waals surface area contributed by atoms with Crippen molar-refractivity contribution in [3.05, 3.63) is 18.0 Å². The second kappa shape index (κ2) is 6.22. The molecule has 0 spiro atoms. The van der Waals surface area contributed by atoms with Crippen LogP contribution in [0, 0.1) is 22.7 Å². The molecule has 1 heterocycles. The zero-order chi connectivity index (χ0) is 14.7. The van der Waals surface area contributed by atoms with Crippen molar-refractivity contribution in [3.8, 4) is 6.07 Å². The normalized spacial score (nSPS) is 30.4. The summed E-state index contributed by atoms with van der Waals surface area (Å²) in [7, 11) is 0. The SMILES string of the molecule is CCC1CCC(C#N)(Cc2ccn(C3CCCC3)n2)CC1. The molecule has 0 amide bonds. The van der Waals surface area contributed by atoms with E-state index < -0.39 is 0 Å². The maximum atomic E-state index is 9.70. The van der Waals surface area contributed by atoms with Crippen LogP contribution in [0.3, 0.4) is 0 Å². The lowest BCUT2D eigenvalue weighted by atomic mass is 9.68. The molecule has 0 saturated heterocycles. The molecule has 3 nitrogen and oxygen atoms in total. The number of nitriles is 1. The Balaban J connectivity index is 1.66. The van der Waals surface area contributed by atoms with Crippen molar-refractivity contribution in [2.75, 3.05) is 0 Å². The van der Waals surface area contributed by atoms with Crippen LogP contribution in [0.5, 0.6) is 0 Å². The van der Waals surface area contributed by atoms with Gasteiger partial charge in [0, 0.05) is 12.6 Å². The van der Waals surface area contributed by atoms with Crippen molar-refractivity contribution in [2.24, 2.45) is 11.3 Å². The topological polar surface area (TPSA) is 41.6 Å². The number of rotatable bonds is 4. The van der Waals surface area contributed by atoms with Gasteiger partial charge in [-0.05, 0) is 50.5 Å². The van der Waals surface area contributed by atoms with Crippen molar-refractivity contribution in [1.29, 1.82) is 5.26 Å². The first-order valence-electron chi connectivity index (χ1n) is 8.70. The van der Waals surface area contributed by atoms with E-state index in [0.717, 1.165) is 30.9 Å². The fourth-order valence-electron chi connectivity index (χ4n) is 4.16. The number of hydrogen-bond acceptors (Lipinski definition) is 2. The molecule has 0 bridgehead atoms. The zero-order valence-corrected chi connectivity index (χ0v) is 13.2. The molecule has 0 aromatic carbocycles. The van der Waals surface area contributed by atoms with Gasteiger partial charge in [0.2, 0.25) is 0 Å². The van der Waals surface area contributed by atoms with Crippen LogP contribution in [0.2, 0.25) is 0 Å². The average Bonchev–Trinajstić information content (AvgIpc) is 3.19. The van der Waals surface area contributed by atoms with E-state index in [4.69, 9.17) is 5.10 Å².